The van der Waals surface area contributed by atoms with Crippen molar-refractivity contribution < 1.29 is 4.79 Å². The standard InChI is InChI=1S/C12H10Br2N2OS/c1-11(6-12(11,13)14)9(17)16-10-15-7-4-2-3-5-8(7)18-10/h2-5H,6H2,1H3,(H,15,16,17)/t11-/m1/s1. The molecular weight excluding hydrogens is 380 g/mol. The summed E-state index contributed by atoms with van der Waals surface area (Å²) in [7, 11) is 0. The molecule has 0 aliphatic heterocycles. The molecule has 0 radical (unpaired) electrons. The molecule has 6 heteroatoms. The van der Waals surface area contributed by atoms with Gasteiger partial charge in [-0.25, -0.2) is 4.98 Å². The number of benzene rings is 1. The lowest BCUT2D eigenvalue weighted by atomic mass is 10.1. The average Bonchev–Trinajstić information content (AvgIpc) is 2.69. The molecule has 0 unspecified atom stereocenters. The van der Waals surface area contributed by atoms with Crippen LogP contribution in [0.15, 0.2) is 24.3 Å². The van der Waals surface area contributed by atoms with Crippen molar-refractivity contribution in [2.45, 2.75) is 16.6 Å². The molecule has 1 amide bonds. The van der Waals surface area contributed by atoms with Crippen molar-refractivity contribution in [1.82, 2.24) is 4.98 Å². The number of rotatable bonds is 2. The van der Waals surface area contributed by atoms with Gasteiger partial charge in [-0.1, -0.05) is 55.3 Å². The minimum absolute atomic E-state index is 0.00435. The monoisotopic (exact) mass is 388 g/mol. The number of fused-ring (bicyclic) bond motifs is 1. The third kappa shape index (κ3) is 1.90. The van der Waals surface area contributed by atoms with Crippen molar-refractivity contribution in [1.29, 1.82) is 0 Å². The molecule has 1 aromatic heterocycles. The van der Waals surface area contributed by atoms with Gasteiger partial charge in [-0.15, -0.1) is 0 Å². The first-order valence-corrected chi connectivity index (χ1v) is 7.87. The predicted molar refractivity (Wildman–Crippen MR) is 81.6 cm³/mol. The summed E-state index contributed by atoms with van der Waals surface area (Å²) >= 11 is 8.49. The molecule has 94 valence electrons. The number of para-hydroxylation sites is 1. The van der Waals surface area contributed by atoms with Crippen molar-refractivity contribution in [3.63, 3.8) is 0 Å². The van der Waals surface area contributed by atoms with Gasteiger partial charge >= 0.3 is 0 Å². The van der Waals surface area contributed by atoms with Crippen molar-refractivity contribution in [2.24, 2.45) is 5.41 Å². The number of anilines is 1. The maximum atomic E-state index is 12.2. The van der Waals surface area contributed by atoms with Crippen LogP contribution in [0.4, 0.5) is 5.13 Å². The van der Waals surface area contributed by atoms with Gasteiger partial charge in [0.25, 0.3) is 0 Å². The number of thiazole rings is 1. The Morgan fingerprint density at radius 3 is 2.72 bits per heavy atom. The van der Waals surface area contributed by atoms with Gasteiger partial charge in [0.1, 0.15) is 0 Å². The maximum absolute atomic E-state index is 12.2. The minimum atomic E-state index is -0.412. The summed E-state index contributed by atoms with van der Waals surface area (Å²) in [5.41, 5.74) is 0.507. The van der Waals surface area contributed by atoms with Gasteiger partial charge in [0.05, 0.1) is 18.9 Å². The van der Waals surface area contributed by atoms with Crippen LogP contribution in [-0.4, -0.2) is 14.1 Å². The molecule has 0 bridgehead atoms. The van der Waals surface area contributed by atoms with Crippen LogP contribution in [0.25, 0.3) is 10.2 Å². The van der Waals surface area contributed by atoms with E-state index in [9.17, 15) is 4.79 Å². The fraction of sp³-hybridized carbons (Fsp3) is 0.333. The second-order valence-electron chi connectivity index (χ2n) is 4.65. The second-order valence-corrected chi connectivity index (χ2v) is 9.46. The number of amides is 1. The maximum Gasteiger partial charge on any atom is 0.234 e. The Bertz CT molecular complexity index is 607. The zero-order valence-corrected chi connectivity index (χ0v) is 13.5. The molecule has 0 saturated heterocycles. The number of carbonyl (C=O) groups excluding carboxylic acids is 1. The van der Waals surface area contributed by atoms with Gasteiger partial charge in [-0.2, -0.15) is 0 Å². The van der Waals surface area contributed by atoms with Crippen molar-refractivity contribution in [3.05, 3.63) is 24.3 Å². The Morgan fingerprint density at radius 2 is 2.11 bits per heavy atom. The highest BCUT2D eigenvalue weighted by atomic mass is 79.9. The van der Waals surface area contributed by atoms with Gasteiger partial charge in [-0.05, 0) is 25.5 Å². The van der Waals surface area contributed by atoms with Gasteiger partial charge in [0, 0.05) is 0 Å². The van der Waals surface area contributed by atoms with Crippen molar-refractivity contribution in [2.75, 3.05) is 5.32 Å². The molecule has 1 aromatic carbocycles. The van der Waals surface area contributed by atoms with Gasteiger partial charge in [0.15, 0.2) is 5.13 Å². The summed E-state index contributed by atoms with van der Waals surface area (Å²) in [5.74, 6) is -0.00435. The van der Waals surface area contributed by atoms with E-state index in [0.717, 1.165) is 16.6 Å². The lowest BCUT2D eigenvalue weighted by Gasteiger charge is -2.10. The van der Waals surface area contributed by atoms with Crippen molar-refractivity contribution >= 4 is 64.5 Å². The zero-order valence-electron chi connectivity index (χ0n) is 9.54. The molecule has 1 aliphatic rings. The number of hydrogen-bond donors (Lipinski definition) is 1. The van der Waals surface area contributed by atoms with E-state index in [1.165, 1.54) is 11.3 Å². The summed E-state index contributed by atoms with van der Waals surface area (Å²) < 4.78 is 0.811. The van der Waals surface area contributed by atoms with Crippen LogP contribution in [0.5, 0.6) is 0 Å². The molecule has 3 rings (SSSR count). The number of nitrogens with one attached hydrogen (secondary N) is 1. The Kier molecular flexibility index (Phi) is 2.80. The lowest BCUT2D eigenvalue weighted by molar-refractivity contribution is -0.120. The topological polar surface area (TPSA) is 42.0 Å². The van der Waals surface area contributed by atoms with E-state index in [4.69, 9.17) is 0 Å². The van der Waals surface area contributed by atoms with E-state index < -0.39 is 5.41 Å². The molecule has 1 N–H and O–H groups in total. The number of alkyl halides is 2. The third-order valence-corrected chi connectivity index (χ3v) is 6.54. The zero-order chi connectivity index (χ0) is 13.0. The molecule has 1 saturated carbocycles. The fourth-order valence-corrected chi connectivity index (χ4v) is 4.15. The number of carbonyl (C=O) groups is 1. The number of nitrogens with zero attached hydrogens (tertiary/aromatic N) is 1. The highest BCUT2D eigenvalue weighted by Crippen LogP contribution is 2.66. The van der Waals surface area contributed by atoms with E-state index in [1.54, 1.807) is 0 Å². The average molecular weight is 390 g/mol. The molecule has 2 aromatic rings. The Balaban J connectivity index is 1.83. The van der Waals surface area contributed by atoms with Crippen LogP contribution < -0.4 is 5.32 Å². The van der Waals surface area contributed by atoms with Gasteiger partial charge in [0.2, 0.25) is 5.91 Å². The van der Waals surface area contributed by atoms with Gasteiger partial charge in [-0.3, -0.25) is 4.79 Å². The quantitative estimate of drug-likeness (QED) is 0.784. The summed E-state index contributed by atoms with van der Waals surface area (Å²) in [6.45, 7) is 1.93. The Morgan fingerprint density at radius 1 is 1.44 bits per heavy atom. The predicted octanol–water partition coefficient (Wildman–Crippen LogP) is 4.13. The molecule has 3 nitrogen and oxygen atoms in total. The van der Waals surface area contributed by atoms with Crippen LogP contribution in [0, 0.1) is 5.41 Å². The van der Waals surface area contributed by atoms with Crippen LogP contribution >= 0.6 is 43.2 Å². The fourth-order valence-electron chi connectivity index (χ4n) is 1.81. The molecule has 1 fully saturated rings. The van der Waals surface area contributed by atoms with E-state index in [2.05, 4.69) is 42.2 Å². The Labute approximate surface area is 125 Å². The van der Waals surface area contributed by atoms with E-state index in [1.807, 2.05) is 31.2 Å². The summed E-state index contributed by atoms with van der Waals surface area (Å²) in [6.07, 6.45) is 0.775. The molecule has 1 atom stereocenters. The normalized spacial score (nSPS) is 25.1. The van der Waals surface area contributed by atoms with Crippen molar-refractivity contribution in [3.8, 4) is 0 Å². The molecule has 18 heavy (non-hydrogen) atoms. The largest absolute Gasteiger partial charge is 0.301 e. The number of aromatic nitrogens is 1. The van der Waals surface area contributed by atoms with Gasteiger partial charge < -0.3 is 5.32 Å². The second kappa shape index (κ2) is 4.02. The number of halogens is 2. The first kappa shape index (κ1) is 12.6. The summed E-state index contributed by atoms with van der Waals surface area (Å²) in [4.78, 5) is 16.6. The first-order chi connectivity index (χ1) is 8.42. The van der Waals surface area contributed by atoms with E-state index in [-0.39, 0.29) is 9.14 Å². The highest BCUT2D eigenvalue weighted by molar-refractivity contribution is 9.25. The SMILES string of the molecule is C[C@]1(C(=O)Nc2nc3ccccc3s2)CC1(Br)Br. The lowest BCUT2D eigenvalue weighted by Crippen LogP contribution is -2.25. The minimum Gasteiger partial charge on any atom is -0.301 e. The van der Waals surface area contributed by atoms with Crippen LogP contribution in [-0.2, 0) is 4.79 Å². The summed E-state index contributed by atoms with van der Waals surface area (Å²) in [6, 6.07) is 7.86. The van der Waals surface area contributed by atoms with E-state index in [0.29, 0.717) is 5.13 Å². The van der Waals surface area contributed by atoms with Crippen LogP contribution in [0.2, 0.25) is 0 Å². The molecule has 0 spiro atoms. The molecule has 1 heterocycles. The van der Waals surface area contributed by atoms with E-state index >= 15 is 0 Å². The highest BCUT2D eigenvalue weighted by Gasteiger charge is 2.66. The third-order valence-electron chi connectivity index (χ3n) is 3.27. The van der Waals surface area contributed by atoms with Crippen LogP contribution in [0.1, 0.15) is 13.3 Å². The number of hydrogen-bond acceptors (Lipinski definition) is 3. The van der Waals surface area contributed by atoms with Crippen LogP contribution in [0.3, 0.4) is 0 Å². The Hall–Kier alpha value is -0.460. The molecule has 1 aliphatic carbocycles. The smallest absolute Gasteiger partial charge is 0.234 e. The first-order valence-electron chi connectivity index (χ1n) is 5.47. The molecular formula is C12H10Br2N2OS. The summed E-state index contributed by atoms with van der Waals surface area (Å²) in [5, 5.41) is 3.56.